The van der Waals surface area contributed by atoms with Crippen molar-refractivity contribution in [2.45, 2.75) is 10.5 Å². The van der Waals surface area contributed by atoms with E-state index in [-0.39, 0.29) is 5.75 Å². The summed E-state index contributed by atoms with van der Waals surface area (Å²) in [5.74, 6) is -1.10. The lowest BCUT2D eigenvalue weighted by atomic mass is 10.2. The first kappa shape index (κ1) is 15.6. The van der Waals surface area contributed by atoms with Crippen molar-refractivity contribution in [2.75, 3.05) is 11.1 Å². The van der Waals surface area contributed by atoms with E-state index in [0.717, 1.165) is 35.2 Å². The van der Waals surface area contributed by atoms with Gasteiger partial charge in [0.25, 0.3) is 0 Å². The molecule has 0 aliphatic carbocycles. The van der Waals surface area contributed by atoms with Crippen LogP contribution in [-0.4, -0.2) is 27.0 Å². The molecule has 0 saturated heterocycles. The van der Waals surface area contributed by atoms with E-state index < -0.39 is 17.7 Å². The van der Waals surface area contributed by atoms with Gasteiger partial charge in [-0.05, 0) is 24.3 Å². The topological polar surface area (TPSA) is 75.1 Å². The number of carboxylic acid groups (broad SMARTS) is 1. The van der Waals surface area contributed by atoms with Gasteiger partial charge in [-0.2, -0.15) is 13.2 Å². The van der Waals surface area contributed by atoms with Crippen LogP contribution in [0.3, 0.4) is 0 Å². The predicted molar refractivity (Wildman–Crippen MR) is 73.0 cm³/mol. The zero-order chi connectivity index (χ0) is 15.5. The SMILES string of the molecule is O=C(O)CSc1nnc(Nc2ccc(C(F)(F)F)cc2)s1. The van der Waals surface area contributed by atoms with Gasteiger partial charge in [-0.1, -0.05) is 23.1 Å². The van der Waals surface area contributed by atoms with Crippen LogP contribution >= 0.6 is 23.1 Å². The highest BCUT2D eigenvalue weighted by Gasteiger charge is 2.29. The Labute approximate surface area is 125 Å². The number of thioether (sulfide) groups is 1. The maximum atomic E-state index is 12.4. The first-order valence-corrected chi connectivity index (χ1v) is 7.27. The molecule has 5 nitrogen and oxygen atoms in total. The van der Waals surface area contributed by atoms with Crippen molar-refractivity contribution in [1.29, 1.82) is 0 Å². The Bertz CT molecular complexity index is 628. The van der Waals surface area contributed by atoms with Crippen LogP contribution in [0.5, 0.6) is 0 Å². The largest absolute Gasteiger partial charge is 0.481 e. The third-order valence-electron chi connectivity index (χ3n) is 2.19. The zero-order valence-corrected chi connectivity index (χ0v) is 11.8. The molecule has 0 bridgehead atoms. The highest BCUT2D eigenvalue weighted by Crippen LogP contribution is 2.31. The van der Waals surface area contributed by atoms with Crippen LogP contribution in [0.1, 0.15) is 5.56 Å². The fourth-order valence-corrected chi connectivity index (χ4v) is 2.80. The molecule has 0 aliphatic heterocycles. The molecule has 2 rings (SSSR count). The fraction of sp³-hybridized carbons (Fsp3) is 0.182. The lowest BCUT2D eigenvalue weighted by Gasteiger charge is -2.07. The van der Waals surface area contributed by atoms with Crippen molar-refractivity contribution >= 4 is 39.9 Å². The number of benzene rings is 1. The number of alkyl halides is 3. The summed E-state index contributed by atoms with van der Waals surface area (Å²) in [6.07, 6.45) is -4.37. The molecular weight excluding hydrogens is 327 g/mol. The molecule has 2 N–H and O–H groups in total. The lowest BCUT2D eigenvalue weighted by Crippen LogP contribution is -2.04. The number of carbonyl (C=O) groups is 1. The number of aromatic nitrogens is 2. The summed E-state index contributed by atoms with van der Waals surface area (Å²) in [5.41, 5.74) is -0.294. The third kappa shape index (κ3) is 4.60. The highest BCUT2D eigenvalue weighted by molar-refractivity contribution is 8.01. The van der Waals surface area contributed by atoms with E-state index in [4.69, 9.17) is 5.11 Å². The summed E-state index contributed by atoms with van der Waals surface area (Å²) in [4.78, 5) is 10.4. The van der Waals surface area contributed by atoms with E-state index in [2.05, 4.69) is 15.5 Å². The Balaban J connectivity index is 2.00. The smallest absolute Gasteiger partial charge is 0.416 e. The molecule has 0 saturated carbocycles. The number of hydrogen-bond donors (Lipinski definition) is 2. The van der Waals surface area contributed by atoms with Gasteiger partial charge >= 0.3 is 12.1 Å². The van der Waals surface area contributed by atoms with Gasteiger partial charge in [-0.3, -0.25) is 4.79 Å². The standard InChI is InChI=1S/C11H8F3N3O2S2/c12-11(13,14)6-1-3-7(4-2-6)15-9-16-17-10(21-9)20-5-8(18)19/h1-4H,5H2,(H,15,16)(H,18,19). The Morgan fingerprint density at radius 1 is 1.29 bits per heavy atom. The van der Waals surface area contributed by atoms with Crippen molar-refractivity contribution < 1.29 is 23.1 Å². The number of nitrogens with one attached hydrogen (secondary N) is 1. The van der Waals surface area contributed by atoms with Crippen molar-refractivity contribution in [3.8, 4) is 0 Å². The normalized spacial score (nSPS) is 11.4. The van der Waals surface area contributed by atoms with Crippen molar-refractivity contribution in [1.82, 2.24) is 10.2 Å². The van der Waals surface area contributed by atoms with Gasteiger partial charge in [0.15, 0.2) is 4.34 Å². The van der Waals surface area contributed by atoms with Crippen LogP contribution in [0.15, 0.2) is 28.6 Å². The first-order valence-electron chi connectivity index (χ1n) is 5.47. The summed E-state index contributed by atoms with van der Waals surface area (Å²) >= 11 is 2.15. The average Bonchev–Trinajstić information content (AvgIpc) is 2.83. The minimum Gasteiger partial charge on any atom is -0.481 e. The molecule has 2 aromatic rings. The summed E-state index contributed by atoms with van der Waals surface area (Å²) in [6.45, 7) is 0. The molecule has 10 heteroatoms. The maximum Gasteiger partial charge on any atom is 0.416 e. The van der Waals surface area contributed by atoms with Crippen LogP contribution in [0.25, 0.3) is 0 Å². The van der Waals surface area contributed by atoms with Crippen LogP contribution < -0.4 is 5.32 Å². The van der Waals surface area contributed by atoms with Crippen molar-refractivity contribution in [3.63, 3.8) is 0 Å². The molecule has 0 spiro atoms. The molecule has 112 valence electrons. The summed E-state index contributed by atoms with van der Waals surface area (Å²) in [7, 11) is 0. The summed E-state index contributed by atoms with van der Waals surface area (Å²) < 4.78 is 37.7. The fourth-order valence-electron chi connectivity index (χ4n) is 1.31. The lowest BCUT2D eigenvalue weighted by molar-refractivity contribution is -0.137. The van der Waals surface area contributed by atoms with Crippen molar-refractivity contribution in [2.24, 2.45) is 0 Å². The second kappa shape index (κ2) is 6.31. The van der Waals surface area contributed by atoms with E-state index in [0.29, 0.717) is 15.2 Å². The van der Waals surface area contributed by atoms with Gasteiger partial charge < -0.3 is 10.4 Å². The average molecular weight is 335 g/mol. The van der Waals surface area contributed by atoms with Crippen LogP contribution in [0.2, 0.25) is 0 Å². The number of anilines is 2. The Kier molecular flexibility index (Phi) is 4.68. The molecule has 0 aliphatic rings. The Morgan fingerprint density at radius 3 is 2.52 bits per heavy atom. The molecule has 1 aromatic carbocycles. The van der Waals surface area contributed by atoms with Crippen molar-refractivity contribution in [3.05, 3.63) is 29.8 Å². The van der Waals surface area contributed by atoms with E-state index in [9.17, 15) is 18.0 Å². The number of halogens is 3. The second-order valence-electron chi connectivity index (χ2n) is 3.76. The van der Waals surface area contributed by atoms with Gasteiger partial charge in [0.2, 0.25) is 5.13 Å². The predicted octanol–water partition coefficient (Wildman–Crippen LogP) is 3.48. The van der Waals surface area contributed by atoms with Crippen LogP contribution in [-0.2, 0) is 11.0 Å². The molecular formula is C11H8F3N3O2S2. The number of aliphatic carboxylic acids is 1. The Morgan fingerprint density at radius 2 is 1.95 bits per heavy atom. The number of nitrogens with zero attached hydrogens (tertiary/aromatic N) is 2. The van der Waals surface area contributed by atoms with E-state index in [1.165, 1.54) is 12.1 Å². The molecule has 0 radical (unpaired) electrons. The van der Waals surface area contributed by atoms with Gasteiger partial charge in [0.1, 0.15) is 0 Å². The molecule has 0 atom stereocenters. The number of rotatable bonds is 5. The summed E-state index contributed by atoms with van der Waals surface area (Å²) in [6, 6.07) is 4.50. The molecule has 1 heterocycles. The molecule has 0 amide bonds. The Hall–Kier alpha value is -1.81. The molecule has 0 unspecified atom stereocenters. The zero-order valence-electron chi connectivity index (χ0n) is 10.2. The van der Waals surface area contributed by atoms with Crippen LogP contribution in [0.4, 0.5) is 24.0 Å². The van der Waals surface area contributed by atoms with Gasteiger partial charge in [0.05, 0.1) is 11.3 Å². The maximum absolute atomic E-state index is 12.4. The number of carboxylic acids is 1. The highest BCUT2D eigenvalue weighted by atomic mass is 32.2. The van der Waals surface area contributed by atoms with Crippen LogP contribution in [0, 0.1) is 0 Å². The second-order valence-corrected chi connectivity index (χ2v) is 5.96. The first-order chi connectivity index (χ1) is 9.84. The minimum absolute atomic E-state index is 0.130. The molecule has 1 aromatic heterocycles. The van der Waals surface area contributed by atoms with Gasteiger partial charge in [-0.25, -0.2) is 0 Å². The quantitative estimate of drug-likeness (QED) is 0.815. The third-order valence-corrected chi connectivity index (χ3v) is 4.15. The van der Waals surface area contributed by atoms with Gasteiger partial charge in [0, 0.05) is 5.69 Å². The molecule has 0 fully saturated rings. The van der Waals surface area contributed by atoms with E-state index >= 15 is 0 Å². The molecule has 21 heavy (non-hydrogen) atoms. The minimum atomic E-state index is -4.37. The summed E-state index contributed by atoms with van der Waals surface area (Å²) in [5, 5.41) is 19.3. The van der Waals surface area contributed by atoms with Gasteiger partial charge in [-0.15, -0.1) is 10.2 Å². The van der Waals surface area contributed by atoms with E-state index in [1.807, 2.05) is 0 Å². The van der Waals surface area contributed by atoms with E-state index in [1.54, 1.807) is 0 Å². The monoisotopic (exact) mass is 335 g/mol. The number of hydrogen-bond acceptors (Lipinski definition) is 6.